The molecule has 1 aromatic heterocycles. The predicted molar refractivity (Wildman–Crippen MR) is 75.6 cm³/mol. The topological polar surface area (TPSA) is 12.0 Å². The first-order chi connectivity index (χ1) is 8.70. The quantitative estimate of drug-likeness (QED) is 0.856. The number of hydrogen-bond acceptors (Lipinski definition) is 2. The van der Waals surface area contributed by atoms with E-state index in [-0.39, 0.29) is 11.9 Å². The summed E-state index contributed by atoms with van der Waals surface area (Å²) in [6.07, 6.45) is 0.956. The van der Waals surface area contributed by atoms with Crippen molar-refractivity contribution in [2.24, 2.45) is 0 Å². The first kappa shape index (κ1) is 13.2. The highest BCUT2D eigenvalue weighted by Gasteiger charge is 2.14. The molecule has 0 radical (unpaired) electrons. The summed E-state index contributed by atoms with van der Waals surface area (Å²) in [7, 11) is 0. The van der Waals surface area contributed by atoms with Gasteiger partial charge >= 0.3 is 0 Å². The van der Waals surface area contributed by atoms with E-state index in [1.165, 1.54) is 10.4 Å². The Labute approximate surface area is 112 Å². The fraction of sp³-hybridized carbons (Fsp3) is 0.333. The molecule has 0 aliphatic rings. The van der Waals surface area contributed by atoms with E-state index in [1.807, 2.05) is 13.0 Å². The van der Waals surface area contributed by atoms with Crippen LogP contribution in [0.2, 0.25) is 0 Å². The largest absolute Gasteiger partial charge is 0.310 e. The Bertz CT molecular complexity index is 493. The molecular formula is C15H18FNS. The first-order valence-electron chi connectivity index (χ1n) is 6.22. The molecule has 1 atom stereocenters. The van der Waals surface area contributed by atoms with Gasteiger partial charge in [-0.05, 0) is 48.2 Å². The molecule has 0 fully saturated rings. The Hall–Kier alpha value is -1.19. The van der Waals surface area contributed by atoms with Gasteiger partial charge in [-0.2, -0.15) is 0 Å². The van der Waals surface area contributed by atoms with Gasteiger partial charge in [0.2, 0.25) is 0 Å². The number of hydrogen-bond donors (Lipinski definition) is 1. The van der Waals surface area contributed by atoms with Gasteiger partial charge in [0.15, 0.2) is 0 Å². The highest BCUT2D eigenvalue weighted by molar-refractivity contribution is 7.09. The minimum Gasteiger partial charge on any atom is -0.310 e. The normalized spacial score (nSPS) is 12.6. The summed E-state index contributed by atoms with van der Waals surface area (Å²) in [6, 6.07) is 9.52. The van der Waals surface area contributed by atoms with Crippen molar-refractivity contribution in [1.82, 2.24) is 5.32 Å². The summed E-state index contributed by atoms with van der Waals surface area (Å²) in [4.78, 5) is 1.35. The number of thiophene rings is 1. The van der Waals surface area contributed by atoms with Gasteiger partial charge in [-0.1, -0.05) is 19.1 Å². The lowest BCUT2D eigenvalue weighted by molar-refractivity contribution is 0.548. The summed E-state index contributed by atoms with van der Waals surface area (Å²) in [5.41, 5.74) is 2.20. The van der Waals surface area contributed by atoms with Crippen molar-refractivity contribution in [3.63, 3.8) is 0 Å². The van der Waals surface area contributed by atoms with Gasteiger partial charge in [0.1, 0.15) is 5.82 Å². The predicted octanol–water partition coefficient (Wildman–Crippen LogP) is 4.09. The van der Waals surface area contributed by atoms with Crippen molar-refractivity contribution in [2.45, 2.75) is 26.3 Å². The van der Waals surface area contributed by atoms with Gasteiger partial charge in [0.05, 0.1) is 0 Å². The molecule has 0 saturated heterocycles. The molecule has 1 unspecified atom stereocenters. The van der Waals surface area contributed by atoms with E-state index in [9.17, 15) is 4.39 Å². The molecule has 1 aromatic carbocycles. The molecule has 3 heteroatoms. The van der Waals surface area contributed by atoms with E-state index in [0.29, 0.717) is 0 Å². The molecular weight excluding hydrogens is 245 g/mol. The van der Waals surface area contributed by atoms with Crippen LogP contribution < -0.4 is 5.32 Å². The molecule has 0 amide bonds. The van der Waals surface area contributed by atoms with Crippen LogP contribution in [0.1, 0.15) is 29.0 Å². The maximum atomic E-state index is 13.2. The van der Waals surface area contributed by atoms with Crippen molar-refractivity contribution < 1.29 is 4.39 Å². The van der Waals surface area contributed by atoms with Crippen LogP contribution in [0.15, 0.2) is 35.7 Å². The van der Waals surface area contributed by atoms with Crippen molar-refractivity contribution in [1.29, 1.82) is 0 Å². The van der Waals surface area contributed by atoms with Gasteiger partial charge in [-0.25, -0.2) is 4.39 Å². The molecule has 2 rings (SSSR count). The molecule has 1 heterocycles. The Balaban J connectivity index is 2.23. The Morgan fingerprint density at radius 1 is 1.33 bits per heavy atom. The number of aryl methyl sites for hydroxylation is 1. The van der Waals surface area contributed by atoms with Crippen LogP contribution in [-0.4, -0.2) is 6.54 Å². The van der Waals surface area contributed by atoms with E-state index in [4.69, 9.17) is 0 Å². The number of rotatable bonds is 5. The van der Waals surface area contributed by atoms with Gasteiger partial charge in [-0.3, -0.25) is 0 Å². The van der Waals surface area contributed by atoms with Crippen LogP contribution in [0.3, 0.4) is 0 Å². The third-order valence-corrected chi connectivity index (χ3v) is 3.94. The van der Waals surface area contributed by atoms with Gasteiger partial charge in [-0.15, -0.1) is 11.3 Å². The zero-order chi connectivity index (χ0) is 13.0. The van der Waals surface area contributed by atoms with Crippen LogP contribution in [0, 0.1) is 12.7 Å². The Morgan fingerprint density at radius 3 is 2.78 bits per heavy atom. The second-order valence-electron chi connectivity index (χ2n) is 4.39. The second-order valence-corrected chi connectivity index (χ2v) is 5.43. The first-order valence-corrected chi connectivity index (χ1v) is 7.10. The molecule has 0 spiro atoms. The number of benzene rings is 1. The fourth-order valence-corrected chi connectivity index (χ4v) is 2.95. The van der Waals surface area contributed by atoms with Crippen molar-refractivity contribution in [2.75, 3.05) is 6.54 Å². The van der Waals surface area contributed by atoms with Gasteiger partial charge in [0, 0.05) is 17.3 Å². The maximum Gasteiger partial charge on any atom is 0.123 e. The van der Waals surface area contributed by atoms with Crippen molar-refractivity contribution in [3.05, 3.63) is 57.5 Å². The van der Waals surface area contributed by atoms with E-state index in [1.54, 1.807) is 23.5 Å². The SMILES string of the molecule is CCNC(Cc1cccs1)c1ccc(F)cc1C. The average Bonchev–Trinajstić information content (AvgIpc) is 2.81. The molecule has 2 aromatic rings. The molecule has 0 aliphatic carbocycles. The van der Waals surface area contributed by atoms with Gasteiger partial charge in [0.25, 0.3) is 0 Å². The lowest BCUT2D eigenvalue weighted by Gasteiger charge is -2.20. The van der Waals surface area contributed by atoms with Crippen molar-refractivity contribution >= 4 is 11.3 Å². The van der Waals surface area contributed by atoms with E-state index in [2.05, 4.69) is 29.8 Å². The molecule has 0 bridgehead atoms. The molecule has 1 N–H and O–H groups in total. The smallest absolute Gasteiger partial charge is 0.123 e. The van der Waals surface area contributed by atoms with Crippen LogP contribution in [-0.2, 0) is 6.42 Å². The van der Waals surface area contributed by atoms with E-state index < -0.39 is 0 Å². The van der Waals surface area contributed by atoms with Gasteiger partial charge < -0.3 is 5.32 Å². The second kappa shape index (κ2) is 6.12. The van der Waals surface area contributed by atoms with Crippen LogP contribution in [0.4, 0.5) is 4.39 Å². The fourth-order valence-electron chi connectivity index (χ4n) is 2.20. The lowest BCUT2D eigenvalue weighted by atomic mass is 9.98. The Morgan fingerprint density at radius 2 is 2.17 bits per heavy atom. The van der Waals surface area contributed by atoms with Crippen molar-refractivity contribution in [3.8, 4) is 0 Å². The highest BCUT2D eigenvalue weighted by atomic mass is 32.1. The standard InChI is InChI=1S/C15H18FNS/c1-3-17-15(10-13-5-4-8-18-13)14-7-6-12(16)9-11(14)2/h4-9,15,17H,3,10H2,1-2H3. The minimum absolute atomic E-state index is 0.164. The van der Waals surface area contributed by atoms with Crippen LogP contribution in [0.5, 0.6) is 0 Å². The van der Waals surface area contributed by atoms with Crippen LogP contribution >= 0.6 is 11.3 Å². The summed E-state index contributed by atoms with van der Waals surface area (Å²) in [5.74, 6) is -0.164. The third kappa shape index (κ3) is 3.18. The monoisotopic (exact) mass is 263 g/mol. The number of halogens is 1. The molecule has 0 aliphatic heterocycles. The Kier molecular flexibility index (Phi) is 4.50. The highest BCUT2D eigenvalue weighted by Crippen LogP contribution is 2.24. The van der Waals surface area contributed by atoms with E-state index >= 15 is 0 Å². The zero-order valence-electron chi connectivity index (χ0n) is 10.7. The minimum atomic E-state index is -0.164. The summed E-state index contributed by atoms with van der Waals surface area (Å²) in [5, 5.41) is 5.57. The lowest BCUT2D eigenvalue weighted by Crippen LogP contribution is -2.23. The zero-order valence-corrected chi connectivity index (χ0v) is 11.6. The molecule has 96 valence electrons. The number of nitrogens with one attached hydrogen (secondary N) is 1. The van der Waals surface area contributed by atoms with E-state index in [0.717, 1.165) is 18.5 Å². The summed E-state index contributed by atoms with van der Waals surface area (Å²) < 4.78 is 13.2. The molecule has 18 heavy (non-hydrogen) atoms. The molecule has 0 saturated carbocycles. The number of likely N-dealkylation sites (N-methyl/N-ethyl adjacent to an activating group) is 1. The maximum absolute atomic E-state index is 13.2. The summed E-state index contributed by atoms with van der Waals surface area (Å²) >= 11 is 1.77. The summed E-state index contributed by atoms with van der Waals surface area (Å²) in [6.45, 7) is 4.98. The molecule has 1 nitrogen and oxygen atoms in total. The average molecular weight is 263 g/mol. The third-order valence-electron chi connectivity index (χ3n) is 3.04. The van der Waals surface area contributed by atoms with Crippen LogP contribution in [0.25, 0.3) is 0 Å².